The van der Waals surface area contributed by atoms with E-state index in [0.29, 0.717) is 6.54 Å². The van der Waals surface area contributed by atoms with E-state index in [1.807, 2.05) is 24.3 Å². The number of nitrogen functional groups attached to an aromatic ring is 1. The van der Waals surface area contributed by atoms with Crippen LogP contribution in [0.4, 0.5) is 11.5 Å². The lowest BCUT2D eigenvalue weighted by molar-refractivity contribution is 0.0981. The van der Waals surface area contributed by atoms with Crippen LogP contribution in [0.25, 0.3) is 0 Å². The van der Waals surface area contributed by atoms with Crippen molar-refractivity contribution in [1.29, 1.82) is 0 Å². The maximum atomic E-state index is 12.4. The van der Waals surface area contributed by atoms with E-state index in [0.717, 1.165) is 18.5 Å². The summed E-state index contributed by atoms with van der Waals surface area (Å²) < 4.78 is 0. The van der Waals surface area contributed by atoms with Gasteiger partial charge in [0.1, 0.15) is 0 Å². The molecule has 6 nitrogen and oxygen atoms in total. The van der Waals surface area contributed by atoms with Gasteiger partial charge in [-0.25, -0.2) is 0 Å². The Balaban J connectivity index is 2.00. The lowest BCUT2D eigenvalue weighted by Crippen LogP contribution is -2.36. The van der Waals surface area contributed by atoms with E-state index in [1.165, 1.54) is 5.56 Å². The van der Waals surface area contributed by atoms with Crippen LogP contribution < -0.4 is 10.6 Å². The molecule has 18 heavy (non-hydrogen) atoms. The summed E-state index contributed by atoms with van der Waals surface area (Å²) in [5, 5.41) is 9.86. The first-order valence-corrected chi connectivity index (χ1v) is 5.83. The number of H-pyrrole nitrogens is 1. The molecule has 92 valence electrons. The number of benzene rings is 1. The van der Waals surface area contributed by atoms with E-state index < -0.39 is 0 Å². The summed E-state index contributed by atoms with van der Waals surface area (Å²) in [5.74, 6) is -0.0588. The Hall–Kier alpha value is -2.37. The Morgan fingerprint density at radius 2 is 2.17 bits per heavy atom. The average Bonchev–Trinajstić information content (AvgIpc) is 2.83. The number of anilines is 2. The molecule has 3 rings (SSSR count). The summed E-state index contributed by atoms with van der Waals surface area (Å²) in [6.07, 6.45) is 1.94. The van der Waals surface area contributed by atoms with Gasteiger partial charge in [0, 0.05) is 12.2 Å². The molecule has 0 fully saturated rings. The van der Waals surface area contributed by atoms with Crippen molar-refractivity contribution >= 4 is 17.4 Å². The van der Waals surface area contributed by atoms with Gasteiger partial charge in [-0.1, -0.05) is 18.2 Å². The normalized spacial score (nSPS) is 14.3. The lowest BCUT2D eigenvalue weighted by atomic mass is 10.0. The average molecular weight is 243 g/mol. The molecule has 1 aliphatic rings. The highest BCUT2D eigenvalue weighted by Gasteiger charge is 2.26. The number of para-hydroxylation sites is 1. The Morgan fingerprint density at radius 1 is 1.33 bits per heavy atom. The number of nitrogens with one attached hydrogen (secondary N) is 1. The fourth-order valence-electron chi connectivity index (χ4n) is 2.27. The van der Waals surface area contributed by atoms with E-state index >= 15 is 0 Å². The molecule has 1 aromatic heterocycles. The maximum absolute atomic E-state index is 12.4. The van der Waals surface area contributed by atoms with E-state index in [4.69, 9.17) is 5.73 Å². The summed E-state index contributed by atoms with van der Waals surface area (Å²) in [7, 11) is 0. The molecule has 0 bridgehead atoms. The van der Waals surface area contributed by atoms with Crippen molar-refractivity contribution in [3.8, 4) is 0 Å². The van der Waals surface area contributed by atoms with Crippen LogP contribution in [0.3, 0.4) is 0 Å². The molecule has 1 amide bonds. The third-order valence-electron chi connectivity index (χ3n) is 3.13. The Kier molecular flexibility index (Phi) is 2.47. The highest BCUT2D eigenvalue weighted by atomic mass is 16.2. The van der Waals surface area contributed by atoms with Crippen molar-refractivity contribution in [1.82, 2.24) is 15.4 Å². The smallest absolute Gasteiger partial charge is 0.282 e. The number of aromatic amines is 1. The van der Waals surface area contributed by atoms with Crippen molar-refractivity contribution in [3.63, 3.8) is 0 Å². The van der Waals surface area contributed by atoms with Crippen LogP contribution in [0.2, 0.25) is 0 Å². The number of nitrogens with zero attached hydrogens (tertiary/aromatic N) is 3. The number of rotatable bonds is 1. The molecule has 3 N–H and O–H groups in total. The summed E-state index contributed by atoms with van der Waals surface area (Å²) in [5.41, 5.74) is 7.92. The van der Waals surface area contributed by atoms with Gasteiger partial charge >= 0.3 is 0 Å². The summed E-state index contributed by atoms with van der Waals surface area (Å²) >= 11 is 0. The van der Waals surface area contributed by atoms with Gasteiger partial charge in [-0.05, 0) is 24.5 Å². The molecule has 2 aromatic rings. The molecule has 1 aliphatic heterocycles. The van der Waals surface area contributed by atoms with Crippen LogP contribution >= 0.6 is 0 Å². The fourth-order valence-corrected chi connectivity index (χ4v) is 2.27. The number of carbonyl (C=O) groups excluding carboxylic acids is 1. The molecule has 0 saturated heterocycles. The largest absolute Gasteiger partial charge is 0.380 e. The molecular formula is C12H13N5O. The minimum Gasteiger partial charge on any atom is -0.380 e. The first-order chi connectivity index (χ1) is 8.77. The molecule has 0 radical (unpaired) electrons. The molecule has 0 atom stereocenters. The SMILES string of the molecule is Nc1n[nH]nc1C(=O)N1CCCc2ccccc21. The maximum Gasteiger partial charge on any atom is 0.282 e. The van der Waals surface area contributed by atoms with Gasteiger partial charge in [-0.3, -0.25) is 4.79 Å². The number of amides is 1. The lowest BCUT2D eigenvalue weighted by Gasteiger charge is -2.28. The zero-order valence-corrected chi connectivity index (χ0v) is 9.76. The van der Waals surface area contributed by atoms with Gasteiger partial charge in [-0.2, -0.15) is 5.21 Å². The third kappa shape index (κ3) is 1.62. The number of aryl methyl sites for hydroxylation is 1. The quantitative estimate of drug-likeness (QED) is 0.781. The predicted octanol–water partition coefficient (Wildman–Crippen LogP) is 0.980. The summed E-state index contributed by atoms with van der Waals surface area (Å²) in [4.78, 5) is 14.1. The van der Waals surface area contributed by atoms with Gasteiger partial charge < -0.3 is 10.6 Å². The van der Waals surface area contributed by atoms with Gasteiger partial charge in [-0.15, -0.1) is 10.2 Å². The zero-order valence-electron chi connectivity index (χ0n) is 9.76. The number of hydrogen-bond acceptors (Lipinski definition) is 4. The van der Waals surface area contributed by atoms with Crippen molar-refractivity contribution < 1.29 is 4.79 Å². The molecule has 0 aliphatic carbocycles. The number of nitrogens with two attached hydrogens (primary N) is 1. The first-order valence-electron chi connectivity index (χ1n) is 5.83. The van der Waals surface area contributed by atoms with Crippen molar-refractivity contribution in [2.24, 2.45) is 0 Å². The monoisotopic (exact) mass is 243 g/mol. The zero-order chi connectivity index (χ0) is 12.5. The first kappa shape index (κ1) is 10.8. The highest BCUT2D eigenvalue weighted by Crippen LogP contribution is 2.28. The second-order valence-corrected chi connectivity index (χ2v) is 4.25. The predicted molar refractivity (Wildman–Crippen MR) is 67.2 cm³/mol. The van der Waals surface area contributed by atoms with Gasteiger partial charge in [0.2, 0.25) is 0 Å². The Labute approximate surface area is 104 Å². The second-order valence-electron chi connectivity index (χ2n) is 4.25. The third-order valence-corrected chi connectivity index (χ3v) is 3.13. The Morgan fingerprint density at radius 3 is 2.94 bits per heavy atom. The summed E-state index contributed by atoms with van der Waals surface area (Å²) in [6, 6.07) is 7.90. The number of aromatic nitrogens is 3. The molecule has 0 unspecified atom stereocenters. The standard InChI is InChI=1S/C12H13N5O/c13-11-10(14-16-15-11)12(18)17-7-3-5-8-4-1-2-6-9(8)17/h1-2,4,6H,3,5,7H2,(H3,13,14,15,16). The number of fused-ring (bicyclic) bond motifs is 1. The highest BCUT2D eigenvalue weighted by molar-refractivity contribution is 6.07. The molecule has 0 spiro atoms. The van der Waals surface area contributed by atoms with Crippen molar-refractivity contribution in [2.75, 3.05) is 17.2 Å². The van der Waals surface area contributed by atoms with Crippen molar-refractivity contribution in [3.05, 3.63) is 35.5 Å². The Bertz CT molecular complexity index is 592. The van der Waals surface area contributed by atoms with E-state index in [9.17, 15) is 4.79 Å². The molecule has 2 heterocycles. The fraction of sp³-hybridized carbons (Fsp3) is 0.250. The van der Waals surface area contributed by atoms with Gasteiger partial charge in [0.25, 0.3) is 5.91 Å². The van der Waals surface area contributed by atoms with Crippen LogP contribution in [0.1, 0.15) is 22.5 Å². The minimum atomic E-state index is -0.201. The summed E-state index contributed by atoms with van der Waals surface area (Å²) in [6.45, 7) is 0.683. The van der Waals surface area contributed by atoms with Gasteiger partial charge in [0.05, 0.1) is 0 Å². The van der Waals surface area contributed by atoms with Crippen LogP contribution in [-0.4, -0.2) is 27.9 Å². The second kappa shape index (κ2) is 4.14. The van der Waals surface area contributed by atoms with Crippen molar-refractivity contribution in [2.45, 2.75) is 12.8 Å². The van der Waals surface area contributed by atoms with Crippen LogP contribution in [0, 0.1) is 0 Å². The molecule has 6 heteroatoms. The van der Waals surface area contributed by atoms with E-state index in [1.54, 1.807) is 4.90 Å². The van der Waals surface area contributed by atoms with Crippen LogP contribution in [0.5, 0.6) is 0 Å². The topological polar surface area (TPSA) is 87.9 Å². The van der Waals surface area contributed by atoms with E-state index in [-0.39, 0.29) is 17.4 Å². The minimum absolute atomic E-state index is 0.142. The number of carbonyl (C=O) groups is 1. The van der Waals surface area contributed by atoms with Crippen LogP contribution in [-0.2, 0) is 6.42 Å². The van der Waals surface area contributed by atoms with E-state index in [2.05, 4.69) is 15.4 Å². The molecule has 0 saturated carbocycles. The van der Waals surface area contributed by atoms with Gasteiger partial charge in [0.15, 0.2) is 11.5 Å². The van der Waals surface area contributed by atoms with Crippen LogP contribution in [0.15, 0.2) is 24.3 Å². The molecular weight excluding hydrogens is 230 g/mol. The number of hydrogen-bond donors (Lipinski definition) is 2. The molecule has 1 aromatic carbocycles.